The highest BCUT2D eigenvalue weighted by Gasteiger charge is 2.06. The van der Waals surface area contributed by atoms with Crippen molar-refractivity contribution in [2.45, 2.75) is 6.61 Å². The van der Waals surface area contributed by atoms with Gasteiger partial charge in [-0.2, -0.15) is 0 Å². The van der Waals surface area contributed by atoms with E-state index in [1.807, 2.05) is 48.7 Å². The predicted molar refractivity (Wildman–Crippen MR) is 79.1 cm³/mol. The molecule has 3 aromatic rings. The molecule has 1 aromatic heterocycles. The molecule has 1 N–H and O–H groups in total. The molecule has 19 heavy (non-hydrogen) atoms. The number of benzene rings is 2. The molecule has 0 aliphatic heterocycles. The Labute approximate surface area is 120 Å². The lowest BCUT2D eigenvalue weighted by Crippen LogP contribution is -1.94. The highest BCUT2D eigenvalue weighted by molar-refractivity contribution is 6.32. The molecule has 4 heteroatoms. The highest BCUT2D eigenvalue weighted by atomic mass is 35.5. The van der Waals surface area contributed by atoms with Gasteiger partial charge < -0.3 is 9.72 Å². The molecule has 0 fully saturated rings. The number of hydrogen-bond donors (Lipinski definition) is 1. The van der Waals surface area contributed by atoms with Gasteiger partial charge in [0.1, 0.15) is 12.4 Å². The molecule has 0 saturated heterocycles. The Hall–Kier alpha value is -1.64. The molecule has 0 atom stereocenters. The zero-order valence-corrected chi connectivity index (χ0v) is 11.5. The molecule has 2 nitrogen and oxygen atoms in total. The molecule has 0 aliphatic rings. The van der Waals surface area contributed by atoms with E-state index in [0.29, 0.717) is 22.4 Å². The second-order valence-electron chi connectivity index (χ2n) is 4.22. The number of nitrogens with one attached hydrogen (secondary N) is 1. The number of para-hydroxylation sites is 1. The largest absolute Gasteiger partial charge is 0.487 e. The monoisotopic (exact) mass is 291 g/mol. The van der Waals surface area contributed by atoms with E-state index in [0.717, 1.165) is 16.5 Å². The van der Waals surface area contributed by atoms with Crippen LogP contribution in [-0.4, -0.2) is 4.98 Å². The Balaban J connectivity index is 1.84. The van der Waals surface area contributed by atoms with E-state index >= 15 is 0 Å². The number of aromatic amines is 1. The minimum absolute atomic E-state index is 0.464. The molecule has 0 aliphatic carbocycles. The molecule has 0 amide bonds. The van der Waals surface area contributed by atoms with Crippen molar-refractivity contribution in [3.63, 3.8) is 0 Å². The van der Waals surface area contributed by atoms with Crippen molar-refractivity contribution in [1.29, 1.82) is 0 Å². The summed E-state index contributed by atoms with van der Waals surface area (Å²) >= 11 is 12.0. The fraction of sp³-hybridized carbons (Fsp3) is 0.0667. The lowest BCUT2D eigenvalue weighted by molar-refractivity contribution is 0.308. The van der Waals surface area contributed by atoms with Crippen molar-refractivity contribution < 1.29 is 4.74 Å². The maximum absolute atomic E-state index is 6.05. The number of rotatable bonds is 3. The van der Waals surface area contributed by atoms with Gasteiger partial charge in [0.2, 0.25) is 0 Å². The topological polar surface area (TPSA) is 25.0 Å². The Morgan fingerprint density at radius 2 is 1.89 bits per heavy atom. The van der Waals surface area contributed by atoms with Crippen molar-refractivity contribution in [2.24, 2.45) is 0 Å². The average molecular weight is 292 g/mol. The van der Waals surface area contributed by atoms with Crippen LogP contribution in [0.2, 0.25) is 10.0 Å². The summed E-state index contributed by atoms with van der Waals surface area (Å²) in [6.07, 6.45) is 1.93. The zero-order chi connectivity index (χ0) is 13.2. The molecular formula is C15H11Cl2NO. The molecule has 0 radical (unpaired) electrons. The minimum Gasteiger partial charge on any atom is -0.487 e. The summed E-state index contributed by atoms with van der Waals surface area (Å²) in [5.74, 6) is 0.687. The average Bonchev–Trinajstić information content (AvgIpc) is 2.80. The van der Waals surface area contributed by atoms with E-state index in [4.69, 9.17) is 27.9 Å². The van der Waals surface area contributed by atoms with Gasteiger partial charge in [0.15, 0.2) is 0 Å². The van der Waals surface area contributed by atoms with Gasteiger partial charge in [-0.3, -0.25) is 0 Å². The van der Waals surface area contributed by atoms with Crippen LogP contribution in [0.1, 0.15) is 5.56 Å². The molecular weight excluding hydrogens is 281 g/mol. The summed E-state index contributed by atoms with van der Waals surface area (Å²) in [7, 11) is 0. The Kier molecular flexibility index (Phi) is 3.36. The van der Waals surface area contributed by atoms with E-state index in [1.54, 1.807) is 0 Å². The third kappa shape index (κ3) is 2.55. The first-order chi connectivity index (χ1) is 9.24. The van der Waals surface area contributed by atoms with E-state index in [9.17, 15) is 0 Å². The first-order valence-corrected chi connectivity index (χ1v) is 6.62. The van der Waals surface area contributed by atoms with Gasteiger partial charge in [-0.25, -0.2) is 0 Å². The first-order valence-electron chi connectivity index (χ1n) is 5.87. The Morgan fingerprint density at radius 3 is 2.74 bits per heavy atom. The SMILES string of the molecule is Clc1ccc2c(COc3ccccc3Cl)c[nH]c2c1. The maximum atomic E-state index is 6.05. The third-order valence-electron chi connectivity index (χ3n) is 2.95. The van der Waals surface area contributed by atoms with Crippen molar-refractivity contribution >= 4 is 34.1 Å². The lowest BCUT2D eigenvalue weighted by atomic mass is 10.2. The van der Waals surface area contributed by atoms with Gasteiger partial charge in [-0.1, -0.05) is 41.4 Å². The van der Waals surface area contributed by atoms with Crippen LogP contribution < -0.4 is 4.74 Å². The minimum atomic E-state index is 0.464. The van der Waals surface area contributed by atoms with Crippen LogP contribution in [0.4, 0.5) is 0 Å². The number of H-pyrrole nitrogens is 1. The molecule has 0 unspecified atom stereocenters. The standard InChI is InChI=1S/C15H11Cl2NO/c16-11-5-6-12-10(8-18-14(12)7-11)9-19-15-4-2-1-3-13(15)17/h1-8,18H,9H2. The van der Waals surface area contributed by atoms with E-state index in [1.165, 1.54) is 0 Å². The van der Waals surface area contributed by atoms with Gasteiger partial charge >= 0.3 is 0 Å². The number of ether oxygens (including phenoxy) is 1. The van der Waals surface area contributed by atoms with Crippen molar-refractivity contribution in [3.8, 4) is 5.75 Å². The second-order valence-corrected chi connectivity index (χ2v) is 5.07. The fourth-order valence-electron chi connectivity index (χ4n) is 2.00. The molecule has 0 bridgehead atoms. The summed E-state index contributed by atoms with van der Waals surface area (Å²) in [4.78, 5) is 3.18. The smallest absolute Gasteiger partial charge is 0.138 e. The molecule has 0 spiro atoms. The molecule has 0 saturated carbocycles. The van der Waals surface area contributed by atoms with Crippen LogP contribution in [0.3, 0.4) is 0 Å². The number of halogens is 2. The highest BCUT2D eigenvalue weighted by Crippen LogP contribution is 2.26. The molecule has 96 valence electrons. The molecule has 2 aromatic carbocycles. The van der Waals surface area contributed by atoms with Gasteiger partial charge in [-0.05, 0) is 24.3 Å². The van der Waals surface area contributed by atoms with E-state index < -0.39 is 0 Å². The van der Waals surface area contributed by atoms with Crippen LogP contribution in [-0.2, 0) is 6.61 Å². The van der Waals surface area contributed by atoms with Gasteiger partial charge in [-0.15, -0.1) is 0 Å². The summed E-state index contributed by atoms with van der Waals surface area (Å²) in [6, 6.07) is 13.2. The van der Waals surface area contributed by atoms with Crippen LogP contribution in [0.5, 0.6) is 5.75 Å². The first kappa shape index (κ1) is 12.4. The quantitative estimate of drug-likeness (QED) is 0.717. The second kappa shape index (κ2) is 5.16. The Bertz CT molecular complexity index is 721. The van der Waals surface area contributed by atoms with Crippen LogP contribution in [0, 0.1) is 0 Å². The predicted octanol–water partition coefficient (Wildman–Crippen LogP) is 5.05. The van der Waals surface area contributed by atoms with Crippen molar-refractivity contribution in [1.82, 2.24) is 4.98 Å². The van der Waals surface area contributed by atoms with Crippen LogP contribution in [0.25, 0.3) is 10.9 Å². The lowest BCUT2D eigenvalue weighted by Gasteiger charge is -2.06. The van der Waals surface area contributed by atoms with Gasteiger partial charge in [0.25, 0.3) is 0 Å². The van der Waals surface area contributed by atoms with Crippen LogP contribution >= 0.6 is 23.2 Å². The van der Waals surface area contributed by atoms with Gasteiger partial charge in [0, 0.05) is 27.7 Å². The maximum Gasteiger partial charge on any atom is 0.138 e. The number of aromatic nitrogens is 1. The number of fused-ring (bicyclic) bond motifs is 1. The summed E-state index contributed by atoms with van der Waals surface area (Å²) in [5.41, 5.74) is 2.08. The molecule has 3 rings (SSSR count). The van der Waals surface area contributed by atoms with Crippen molar-refractivity contribution in [3.05, 3.63) is 64.3 Å². The fourth-order valence-corrected chi connectivity index (χ4v) is 2.36. The summed E-state index contributed by atoms with van der Waals surface area (Å²) in [5, 5.41) is 2.44. The number of hydrogen-bond acceptors (Lipinski definition) is 1. The third-order valence-corrected chi connectivity index (χ3v) is 3.50. The summed E-state index contributed by atoms with van der Waals surface area (Å²) in [6.45, 7) is 0.464. The normalized spacial score (nSPS) is 10.8. The molecule has 1 heterocycles. The van der Waals surface area contributed by atoms with E-state index in [-0.39, 0.29) is 0 Å². The summed E-state index contributed by atoms with van der Waals surface area (Å²) < 4.78 is 5.73. The zero-order valence-electron chi connectivity index (χ0n) is 9.99. The van der Waals surface area contributed by atoms with E-state index in [2.05, 4.69) is 4.98 Å². The van der Waals surface area contributed by atoms with Crippen molar-refractivity contribution in [2.75, 3.05) is 0 Å². The van der Waals surface area contributed by atoms with Gasteiger partial charge in [0.05, 0.1) is 5.02 Å². The Morgan fingerprint density at radius 1 is 1.05 bits per heavy atom. The van der Waals surface area contributed by atoms with Crippen LogP contribution in [0.15, 0.2) is 48.7 Å².